The van der Waals surface area contributed by atoms with E-state index in [1.54, 1.807) is 29.6 Å². The number of hydrogen-bond donors (Lipinski definition) is 3. The Balaban J connectivity index is 1.66. The van der Waals surface area contributed by atoms with E-state index >= 15 is 0 Å². The molecule has 138 valence electrons. The first kappa shape index (κ1) is 18.9. The number of carbonyl (C=O) groups is 2. The Morgan fingerprint density at radius 2 is 1.78 bits per heavy atom. The molecule has 1 unspecified atom stereocenters. The molecule has 3 amide bonds. The van der Waals surface area contributed by atoms with Crippen molar-refractivity contribution in [3.8, 4) is 10.6 Å². The van der Waals surface area contributed by atoms with E-state index in [4.69, 9.17) is 17.3 Å². The molecule has 1 aromatic heterocycles. The second-order valence-electron chi connectivity index (χ2n) is 5.85. The highest BCUT2D eigenvalue weighted by molar-refractivity contribution is 7.13. The number of thiazole rings is 1. The van der Waals surface area contributed by atoms with Crippen LogP contribution in [0.4, 0.5) is 10.5 Å². The number of aromatic nitrogens is 1. The molecule has 0 saturated carbocycles. The molecular formula is C19H17ClN4O2S. The van der Waals surface area contributed by atoms with Crippen molar-refractivity contribution in [2.45, 2.75) is 13.0 Å². The zero-order valence-electron chi connectivity index (χ0n) is 14.4. The smallest absolute Gasteiger partial charge is 0.316 e. The Bertz CT molecular complexity index is 955. The summed E-state index contributed by atoms with van der Waals surface area (Å²) in [4.78, 5) is 27.7. The molecule has 0 fully saturated rings. The van der Waals surface area contributed by atoms with E-state index in [1.165, 1.54) is 11.3 Å². The number of primary amides is 1. The van der Waals surface area contributed by atoms with Crippen LogP contribution in [0.3, 0.4) is 0 Å². The summed E-state index contributed by atoms with van der Waals surface area (Å²) < 4.78 is 0. The predicted molar refractivity (Wildman–Crippen MR) is 108 cm³/mol. The van der Waals surface area contributed by atoms with Crippen LogP contribution in [0.1, 0.15) is 29.0 Å². The highest BCUT2D eigenvalue weighted by atomic mass is 35.5. The van der Waals surface area contributed by atoms with Crippen molar-refractivity contribution < 1.29 is 9.59 Å². The molecule has 4 N–H and O–H groups in total. The maximum Gasteiger partial charge on any atom is 0.316 e. The van der Waals surface area contributed by atoms with Gasteiger partial charge in [-0.15, -0.1) is 11.3 Å². The zero-order valence-corrected chi connectivity index (χ0v) is 16.0. The maximum absolute atomic E-state index is 12.5. The standard InChI is InChI=1S/C19H17ClN4O2S/c1-11(12-4-8-15(9-5-12)23-19(21)26)22-17(25)16-10-27-18(24-16)13-2-6-14(20)7-3-13/h2-11H,1H3,(H,22,25)(H3,21,23,26). The van der Waals surface area contributed by atoms with Crippen LogP contribution in [0.5, 0.6) is 0 Å². The summed E-state index contributed by atoms with van der Waals surface area (Å²) in [5.41, 5.74) is 7.85. The van der Waals surface area contributed by atoms with Gasteiger partial charge in [-0.25, -0.2) is 9.78 Å². The summed E-state index contributed by atoms with van der Waals surface area (Å²) in [6.07, 6.45) is 0. The van der Waals surface area contributed by atoms with Crippen LogP contribution in [0, 0.1) is 0 Å². The summed E-state index contributed by atoms with van der Waals surface area (Å²) in [6, 6.07) is 13.6. The first-order chi connectivity index (χ1) is 12.9. The number of nitrogens with one attached hydrogen (secondary N) is 2. The van der Waals surface area contributed by atoms with Crippen molar-refractivity contribution in [2.75, 3.05) is 5.32 Å². The van der Waals surface area contributed by atoms with Crippen molar-refractivity contribution in [3.05, 3.63) is 70.2 Å². The Morgan fingerprint density at radius 3 is 2.41 bits per heavy atom. The first-order valence-electron chi connectivity index (χ1n) is 8.11. The number of benzene rings is 2. The van der Waals surface area contributed by atoms with E-state index in [1.807, 2.05) is 31.2 Å². The minimum atomic E-state index is -0.621. The van der Waals surface area contributed by atoms with Gasteiger partial charge in [-0.3, -0.25) is 4.79 Å². The zero-order chi connectivity index (χ0) is 19.4. The third-order valence-electron chi connectivity index (χ3n) is 3.85. The lowest BCUT2D eigenvalue weighted by Gasteiger charge is -2.14. The molecule has 0 radical (unpaired) electrons. The van der Waals surface area contributed by atoms with Gasteiger partial charge in [0.25, 0.3) is 5.91 Å². The topological polar surface area (TPSA) is 97.1 Å². The number of urea groups is 1. The largest absolute Gasteiger partial charge is 0.351 e. The molecule has 3 rings (SSSR count). The summed E-state index contributed by atoms with van der Waals surface area (Å²) in [5, 5.41) is 8.55. The molecule has 2 aromatic carbocycles. The molecule has 0 aliphatic heterocycles. The molecule has 1 atom stereocenters. The van der Waals surface area contributed by atoms with Crippen molar-refractivity contribution in [1.82, 2.24) is 10.3 Å². The molecule has 1 heterocycles. The lowest BCUT2D eigenvalue weighted by Crippen LogP contribution is -2.27. The maximum atomic E-state index is 12.5. The summed E-state index contributed by atoms with van der Waals surface area (Å²) in [5.74, 6) is -0.252. The second-order valence-corrected chi connectivity index (χ2v) is 7.15. The SMILES string of the molecule is CC(NC(=O)c1csc(-c2ccc(Cl)cc2)n1)c1ccc(NC(N)=O)cc1. The van der Waals surface area contributed by atoms with Crippen LogP contribution in [-0.4, -0.2) is 16.9 Å². The van der Waals surface area contributed by atoms with Crippen LogP contribution in [0.25, 0.3) is 10.6 Å². The van der Waals surface area contributed by atoms with Gasteiger partial charge in [0.1, 0.15) is 10.7 Å². The van der Waals surface area contributed by atoms with E-state index < -0.39 is 6.03 Å². The number of halogens is 1. The van der Waals surface area contributed by atoms with E-state index in [2.05, 4.69) is 15.6 Å². The highest BCUT2D eigenvalue weighted by Crippen LogP contribution is 2.25. The fourth-order valence-corrected chi connectivity index (χ4v) is 3.39. The van der Waals surface area contributed by atoms with Crippen molar-refractivity contribution >= 4 is 40.6 Å². The number of nitrogens with zero attached hydrogens (tertiary/aromatic N) is 1. The van der Waals surface area contributed by atoms with E-state index in [0.717, 1.165) is 16.1 Å². The van der Waals surface area contributed by atoms with Gasteiger partial charge in [-0.05, 0) is 36.8 Å². The van der Waals surface area contributed by atoms with Crippen molar-refractivity contribution in [3.63, 3.8) is 0 Å². The van der Waals surface area contributed by atoms with Gasteiger partial charge in [0.2, 0.25) is 0 Å². The number of amides is 3. The molecule has 8 heteroatoms. The Hall–Kier alpha value is -2.90. The third kappa shape index (κ3) is 4.84. The number of nitrogens with two attached hydrogens (primary N) is 1. The molecule has 6 nitrogen and oxygen atoms in total. The predicted octanol–water partition coefficient (Wildman–Crippen LogP) is 4.45. The molecular weight excluding hydrogens is 384 g/mol. The fraction of sp³-hybridized carbons (Fsp3) is 0.105. The van der Waals surface area contributed by atoms with Crippen LogP contribution in [0.2, 0.25) is 5.02 Å². The minimum Gasteiger partial charge on any atom is -0.351 e. The molecule has 27 heavy (non-hydrogen) atoms. The molecule has 0 bridgehead atoms. The number of anilines is 1. The van der Waals surface area contributed by atoms with Gasteiger partial charge >= 0.3 is 6.03 Å². The van der Waals surface area contributed by atoms with E-state index in [-0.39, 0.29) is 11.9 Å². The first-order valence-corrected chi connectivity index (χ1v) is 9.37. The number of hydrogen-bond acceptors (Lipinski definition) is 4. The summed E-state index contributed by atoms with van der Waals surface area (Å²) in [6.45, 7) is 1.88. The van der Waals surface area contributed by atoms with Crippen LogP contribution < -0.4 is 16.4 Å². The van der Waals surface area contributed by atoms with Crippen LogP contribution in [-0.2, 0) is 0 Å². The van der Waals surface area contributed by atoms with E-state index in [9.17, 15) is 9.59 Å². The van der Waals surface area contributed by atoms with Gasteiger partial charge in [0, 0.05) is 21.7 Å². The lowest BCUT2D eigenvalue weighted by atomic mass is 10.1. The summed E-state index contributed by atoms with van der Waals surface area (Å²) >= 11 is 7.30. The second kappa shape index (κ2) is 8.20. The molecule has 0 spiro atoms. The van der Waals surface area contributed by atoms with Gasteiger partial charge in [-0.2, -0.15) is 0 Å². The lowest BCUT2D eigenvalue weighted by molar-refractivity contribution is 0.0935. The number of rotatable bonds is 5. The van der Waals surface area contributed by atoms with Gasteiger partial charge in [0.05, 0.1) is 6.04 Å². The summed E-state index contributed by atoms with van der Waals surface area (Å²) in [7, 11) is 0. The normalized spacial score (nSPS) is 11.6. The number of carbonyl (C=O) groups excluding carboxylic acids is 2. The average molecular weight is 401 g/mol. The minimum absolute atomic E-state index is 0.221. The monoisotopic (exact) mass is 400 g/mol. The van der Waals surface area contributed by atoms with Crippen molar-refractivity contribution in [1.29, 1.82) is 0 Å². The molecule has 3 aromatic rings. The van der Waals surface area contributed by atoms with Gasteiger partial charge < -0.3 is 16.4 Å². The Kier molecular flexibility index (Phi) is 5.73. The quantitative estimate of drug-likeness (QED) is 0.590. The third-order valence-corrected chi connectivity index (χ3v) is 5.00. The highest BCUT2D eigenvalue weighted by Gasteiger charge is 2.15. The average Bonchev–Trinajstić information content (AvgIpc) is 3.12. The molecule has 0 aliphatic carbocycles. The van der Waals surface area contributed by atoms with Gasteiger partial charge in [0.15, 0.2) is 0 Å². The van der Waals surface area contributed by atoms with Gasteiger partial charge in [-0.1, -0.05) is 35.9 Å². The fourth-order valence-electron chi connectivity index (χ4n) is 2.45. The van der Waals surface area contributed by atoms with Crippen LogP contribution >= 0.6 is 22.9 Å². The molecule has 0 saturated heterocycles. The van der Waals surface area contributed by atoms with Crippen LogP contribution in [0.15, 0.2) is 53.9 Å². The van der Waals surface area contributed by atoms with E-state index in [0.29, 0.717) is 16.4 Å². The van der Waals surface area contributed by atoms with Crippen molar-refractivity contribution in [2.24, 2.45) is 5.73 Å². The molecule has 0 aliphatic rings. The Morgan fingerprint density at radius 1 is 1.11 bits per heavy atom. The Labute approximate surface area is 165 Å².